The Hall–Kier alpha value is -3.29. The summed E-state index contributed by atoms with van der Waals surface area (Å²) in [4.78, 5) is 35.3. The Morgan fingerprint density at radius 1 is 1.16 bits per heavy atom. The van der Waals surface area contributed by atoms with Crippen LogP contribution in [0.25, 0.3) is 5.70 Å². The Morgan fingerprint density at radius 3 is 2.41 bits per heavy atom. The summed E-state index contributed by atoms with van der Waals surface area (Å²) in [5.41, 5.74) is 1.20. The summed E-state index contributed by atoms with van der Waals surface area (Å²) < 4.78 is 14.7. The molecule has 1 saturated heterocycles. The van der Waals surface area contributed by atoms with E-state index in [2.05, 4.69) is 27.2 Å². The molecule has 168 valence electrons. The third-order valence-corrected chi connectivity index (χ3v) is 6.41. The average molecular weight is 438 g/mol. The molecule has 1 aliphatic heterocycles. The average Bonchev–Trinajstić information content (AvgIpc) is 3.50. The van der Waals surface area contributed by atoms with Crippen LogP contribution in [0.5, 0.6) is 0 Å². The number of halogens is 1. The summed E-state index contributed by atoms with van der Waals surface area (Å²) in [5, 5.41) is 5.98. The largest absolute Gasteiger partial charge is 0.371 e. The maximum Gasteiger partial charge on any atom is 0.254 e. The first-order valence-corrected chi connectivity index (χ1v) is 10.9. The lowest BCUT2D eigenvalue weighted by molar-refractivity contribution is -0.124. The first-order valence-electron chi connectivity index (χ1n) is 10.9. The van der Waals surface area contributed by atoms with Crippen LogP contribution >= 0.6 is 0 Å². The summed E-state index contributed by atoms with van der Waals surface area (Å²) in [6.45, 7) is 8.04. The van der Waals surface area contributed by atoms with Crippen molar-refractivity contribution in [3.8, 4) is 0 Å². The van der Waals surface area contributed by atoms with E-state index in [1.807, 2.05) is 18.7 Å². The van der Waals surface area contributed by atoms with Crippen molar-refractivity contribution in [1.29, 1.82) is 0 Å². The second-order valence-electron chi connectivity index (χ2n) is 8.79. The number of hydrogen-bond acceptors (Lipinski definition) is 5. The third kappa shape index (κ3) is 4.35. The van der Waals surface area contributed by atoms with Crippen LogP contribution in [0, 0.1) is 5.82 Å². The molecule has 2 atom stereocenters. The number of carbonyl (C=O) groups excluding carboxylic acids is 2. The molecule has 32 heavy (non-hydrogen) atoms. The van der Waals surface area contributed by atoms with Crippen molar-refractivity contribution in [2.45, 2.75) is 63.7 Å². The zero-order valence-corrected chi connectivity index (χ0v) is 18.4. The standard InChI is InChI=1S/C24H28FN5O2/c1-15-4-5-16(2)30(15)22(31)18-6-7-19(21(25)10-18)13-28-23(32)24(8-9-24)29-17(3)20-11-26-14-27-12-20/h6-7,10-12,14-16,29H,3-5,8-9,13H2,1-2H3,(H,28,32). The van der Waals surface area contributed by atoms with Gasteiger partial charge in [0.15, 0.2) is 0 Å². The maximum atomic E-state index is 14.7. The highest BCUT2D eigenvalue weighted by Crippen LogP contribution is 2.37. The van der Waals surface area contributed by atoms with E-state index in [1.165, 1.54) is 12.4 Å². The number of nitrogens with one attached hydrogen (secondary N) is 2. The lowest BCUT2D eigenvalue weighted by Gasteiger charge is -2.26. The van der Waals surface area contributed by atoms with Crippen LogP contribution in [-0.2, 0) is 11.3 Å². The van der Waals surface area contributed by atoms with E-state index in [1.54, 1.807) is 24.5 Å². The SMILES string of the molecule is C=C(NC1(C(=O)NCc2ccc(C(=O)N3C(C)CCC3C)cc2F)CC1)c1cncnc1. The molecule has 0 radical (unpaired) electrons. The molecule has 2 aromatic rings. The lowest BCUT2D eigenvalue weighted by Crippen LogP contribution is -2.45. The maximum absolute atomic E-state index is 14.7. The second kappa shape index (κ2) is 8.68. The monoisotopic (exact) mass is 437 g/mol. The van der Waals surface area contributed by atoms with E-state index >= 15 is 0 Å². The van der Waals surface area contributed by atoms with Gasteiger partial charge >= 0.3 is 0 Å². The van der Waals surface area contributed by atoms with E-state index in [0.29, 0.717) is 35.2 Å². The number of rotatable bonds is 7. The molecular formula is C24H28FN5O2. The van der Waals surface area contributed by atoms with Crippen molar-refractivity contribution in [3.05, 3.63) is 66.0 Å². The van der Waals surface area contributed by atoms with Crippen LogP contribution in [-0.4, -0.2) is 44.3 Å². The Balaban J connectivity index is 1.37. The highest BCUT2D eigenvalue weighted by atomic mass is 19.1. The summed E-state index contributed by atoms with van der Waals surface area (Å²) in [6, 6.07) is 4.77. The molecule has 0 spiro atoms. The predicted octanol–water partition coefficient (Wildman–Crippen LogP) is 3.04. The van der Waals surface area contributed by atoms with Gasteiger partial charge in [0, 0.05) is 53.4 Å². The van der Waals surface area contributed by atoms with E-state index in [0.717, 1.165) is 12.8 Å². The minimum atomic E-state index is -0.749. The topological polar surface area (TPSA) is 87.2 Å². The van der Waals surface area contributed by atoms with Gasteiger partial charge in [-0.2, -0.15) is 0 Å². The van der Waals surface area contributed by atoms with Gasteiger partial charge in [0.2, 0.25) is 5.91 Å². The molecule has 2 unspecified atom stereocenters. The van der Waals surface area contributed by atoms with Gasteiger partial charge in [-0.3, -0.25) is 9.59 Å². The fourth-order valence-electron chi connectivity index (χ4n) is 4.26. The first-order chi connectivity index (χ1) is 15.3. The zero-order valence-electron chi connectivity index (χ0n) is 18.4. The number of hydrogen-bond donors (Lipinski definition) is 2. The van der Waals surface area contributed by atoms with Crippen LogP contribution in [0.3, 0.4) is 0 Å². The summed E-state index contributed by atoms with van der Waals surface area (Å²) in [5.74, 6) is -0.865. The highest BCUT2D eigenvalue weighted by molar-refractivity contribution is 5.95. The van der Waals surface area contributed by atoms with E-state index in [-0.39, 0.29) is 30.4 Å². The lowest BCUT2D eigenvalue weighted by atomic mass is 10.1. The van der Waals surface area contributed by atoms with Crippen LogP contribution < -0.4 is 10.6 Å². The highest BCUT2D eigenvalue weighted by Gasteiger charge is 2.50. The molecule has 1 aromatic carbocycles. The molecular weight excluding hydrogens is 409 g/mol. The molecule has 4 rings (SSSR count). The van der Waals surface area contributed by atoms with Crippen LogP contribution in [0.15, 0.2) is 43.5 Å². The van der Waals surface area contributed by atoms with E-state index in [4.69, 9.17) is 0 Å². The third-order valence-electron chi connectivity index (χ3n) is 6.41. The van der Waals surface area contributed by atoms with Gasteiger partial charge in [-0.1, -0.05) is 12.6 Å². The summed E-state index contributed by atoms with van der Waals surface area (Å²) in [6.07, 6.45) is 7.91. The number of amides is 2. The van der Waals surface area contributed by atoms with Gasteiger partial charge in [0.25, 0.3) is 5.91 Å². The number of aromatic nitrogens is 2. The minimum absolute atomic E-state index is 0.0417. The number of carbonyl (C=O) groups is 2. The van der Waals surface area contributed by atoms with Gasteiger partial charge in [0.05, 0.1) is 0 Å². The van der Waals surface area contributed by atoms with Gasteiger partial charge in [0.1, 0.15) is 17.7 Å². The van der Waals surface area contributed by atoms with Gasteiger partial charge in [-0.15, -0.1) is 0 Å². The fourth-order valence-corrected chi connectivity index (χ4v) is 4.26. The Labute approximate surface area is 187 Å². The zero-order chi connectivity index (χ0) is 22.9. The van der Waals surface area contributed by atoms with Crippen LogP contribution in [0.4, 0.5) is 4.39 Å². The van der Waals surface area contributed by atoms with Crippen molar-refractivity contribution >= 4 is 17.5 Å². The Morgan fingerprint density at radius 2 is 1.81 bits per heavy atom. The van der Waals surface area contributed by atoms with Crippen molar-refractivity contribution in [2.75, 3.05) is 0 Å². The molecule has 0 bridgehead atoms. The second-order valence-corrected chi connectivity index (χ2v) is 8.79. The van der Waals surface area contributed by atoms with Crippen LogP contribution in [0.1, 0.15) is 61.0 Å². The van der Waals surface area contributed by atoms with Crippen molar-refractivity contribution in [3.63, 3.8) is 0 Å². The summed E-state index contributed by atoms with van der Waals surface area (Å²) >= 11 is 0. The fraction of sp³-hybridized carbons (Fsp3) is 0.417. The van der Waals surface area contributed by atoms with Gasteiger partial charge < -0.3 is 15.5 Å². The van der Waals surface area contributed by atoms with E-state index in [9.17, 15) is 14.0 Å². The predicted molar refractivity (Wildman–Crippen MR) is 119 cm³/mol. The number of nitrogens with zero attached hydrogens (tertiary/aromatic N) is 3. The smallest absolute Gasteiger partial charge is 0.254 e. The molecule has 1 aromatic heterocycles. The van der Waals surface area contributed by atoms with Crippen molar-refractivity contribution in [2.24, 2.45) is 0 Å². The Kier molecular flexibility index (Phi) is 5.95. The molecule has 2 N–H and O–H groups in total. The molecule has 1 saturated carbocycles. The molecule has 2 heterocycles. The molecule has 2 fully saturated rings. The minimum Gasteiger partial charge on any atom is -0.371 e. The Bertz CT molecular complexity index is 1030. The molecule has 1 aliphatic carbocycles. The van der Waals surface area contributed by atoms with Crippen LogP contribution in [0.2, 0.25) is 0 Å². The molecule has 8 heteroatoms. The quantitative estimate of drug-likeness (QED) is 0.695. The van der Waals surface area contributed by atoms with Crippen molar-refractivity contribution in [1.82, 2.24) is 25.5 Å². The van der Waals surface area contributed by atoms with Crippen molar-refractivity contribution < 1.29 is 14.0 Å². The number of benzene rings is 1. The summed E-state index contributed by atoms with van der Waals surface area (Å²) in [7, 11) is 0. The first kappa shape index (κ1) is 21.9. The molecule has 7 nitrogen and oxygen atoms in total. The normalized spacial score (nSPS) is 21.2. The van der Waals surface area contributed by atoms with E-state index < -0.39 is 11.4 Å². The van der Waals surface area contributed by atoms with Gasteiger partial charge in [-0.25, -0.2) is 14.4 Å². The van der Waals surface area contributed by atoms with Gasteiger partial charge in [-0.05, 0) is 51.7 Å². The number of likely N-dealkylation sites (tertiary alicyclic amines) is 1. The molecule has 2 aliphatic rings. The molecule has 2 amide bonds.